The van der Waals surface area contributed by atoms with Gasteiger partial charge in [-0.25, -0.2) is 0 Å². The van der Waals surface area contributed by atoms with Crippen LogP contribution in [0, 0.1) is 0 Å². The first kappa shape index (κ1) is 17.0. The van der Waals surface area contributed by atoms with Gasteiger partial charge in [0.2, 0.25) is 0 Å². The minimum absolute atomic E-state index is 0.168. The molecule has 0 saturated carbocycles. The first-order chi connectivity index (χ1) is 11.7. The fourth-order valence-corrected chi connectivity index (χ4v) is 4.40. The third-order valence-electron chi connectivity index (χ3n) is 3.81. The Morgan fingerprint density at radius 3 is 2.88 bits per heavy atom. The van der Waals surface area contributed by atoms with E-state index in [1.165, 1.54) is 16.2 Å². The van der Waals surface area contributed by atoms with Crippen LogP contribution in [-0.2, 0) is 17.6 Å². The molecule has 3 rings (SSSR count). The van der Waals surface area contributed by atoms with E-state index in [0.717, 1.165) is 42.8 Å². The molecule has 0 bridgehead atoms. The molecule has 2 heterocycles. The van der Waals surface area contributed by atoms with E-state index in [-0.39, 0.29) is 17.5 Å². The van der Waals surface area contributed by atoms with Crippen LogP contribution in [0.25, 0.3) is 0 Å². The summed E-state index contributed by atoms with van der Waals surface area (Å²) in [4.78, 5) is 26.1. The van der Waals surface area contributed by atoms with E-state index < -0.39 is 0 Å². The van der Waals surface area contributed by atoms with E-state index in [1.807, 2.05) is 0 Å². The van der Waals surface area contributed by atoms with Crippen LogP contribution in [0.3, 0.4) is 0 Å². The number of carbonyl (C=O) groups is 2. The molecule has 0 aliphatic heterocycles. The van der Waals surface area contributed by atoms with Crippen molar-refractivity contribution in [2.75, 3.05) is 25.6 Å². The Bertz CT molecular complexity index is 727. The van der Waals surface area contributed by atoms with Gasteiger partial charge in [-0.2, -0.15) is 0 Å². The molecule has 0 radical (unpaired) electrons. The maximum Gasteiger partial charge on any atom is 0.277 e. The summed E-state index contributed by atoms with van der Waals surface area (Å²) in [6, 6.07) is 0. The Morgan fingerprint density at radius 1 is 1.29 bits per heavy atom. The van der Waals surface area contributed by atoms with Crippen LogP contribution >= 0.6 is 22.9 Å². The quantitative estimate of drug-likeness (QED) is 0.764. The molecule has 1 aliphatic carbocycles. The highest BCUT2D eigenvalue weighted by molar-refractivity contribution is 7.17. The summed E-state index contributed by atoms with van der Waals surface area (Å²) in [5, 5.41) is 11.6. The first-order valence-corrected chi connectivity index (χ1v) is 9.36. The zero-order valence-electron chi connectivity index (χ0n) is 13.3. The van der Waals surface area contributed by atoms with Crippen molar-refractivity contribution < 1.29 is 14.3 Å². The molecule has 9 heteroatoms. The predicted octanol–water partition coefficient (Wildman–Crippen LogP) is 2.11. The third kappa shape index (κ3) is 3.63. The summed E-state index contributed by atoms with van der Waals surface area (Å²) in [6.07, 6.45) is 3.99. The standard InChI is InChI=1S/C15H18N4O3S2/c1-22-7-6-16-14(21)12-9-4-2-3-5-11(9)24-15(12)17-13(20)10-8-23-19-18-10/h8H,2-7H2,1H3,(H,16,21)(H,17,20). The second-order valence-corrected chi connectivity index (χ2v) is 7.12. The average molecular weight is 366 g/mol. The number of aryl methyl sites for hydroxylation is 1. The van der Waals surface area contributed by atoms with Crippen molar-refractivity contribution in [2.45, 2.75) is 25.7 Å². The monoisotopic (exact) mass is 366 g/mol. The van der Waals surface area contributed by atoms with E-state index in [2.05, 4.69) is 20.2 Å². The fraction of sp³-hybridized carbons (Fsp3) is 0.467. The molecule has 2 aromatic heterocycles. The number of nitrogens with zero attached hydrogens (tertiary/aromatic N) is 2. The summed E-state index contributed by atoms with van der Waals surface area (Å²) < 4.78 is 8.67. The summed E-state index contributed by atoms with van der Waals surface area (Å²) in [6.45, 7) is 0.883. The molecule has 2 aromatic rings. The van der Waals surface area contributed by atoms with Crippen LogP contribution in [0.1, 0.15) is 44.1 Å². The maximum absolute atomic E-state index is 12.6. The molecule has 0 aromatic carbocycles. The van der Waals surface area contributed by atoms with Crippen molar-refractivity contribution in [3.05, 3.63) is 27.1 Å². The van der Waals surface area contributed by atoms with Crippen molar-refractivity contribution in [1.29, 1.82) is 0 Å². The summed E-state index contributed by atoms with van der Waals surface area (Å²) in [5.74, 6) is -0.508. The largest absolute Gasteiger partial charge is 0.383 e. The normalized spacial score (nSPS) is 13.4. The van der Waals surface area contributed by atoms with Gasteiger partial charge in [0.1, 0.15) is 5.00 Å². The summed E-state index contributed by atoms with van der Waals surface area (Å²) in [7, 11) is 1.59. The zero-order valence-corrected chi connectivity index (χ0v) is 14.9. The number of hydrogen-bond acceptors (Lipinski definition) is 7. The Labute approximate surface area is 147 Å². The van der Waals surface area contributed by atoms with Gasteiger partial charge in [0, 0.05) is 23.9 Å². The number of thiophene rings is 1. The second kappa shape index (κ2) is 7.82. The molecule has 0 unspecified atom stereocenters. The van der Waals surface area contributed by atoms with Crippen molar-refractivity contribution in [3.63, 3.8) is 0 Å². The van der Waals surface area contributed by atoms with Crippen LogP contribution in [0.4, 0.5) is 5.00 Å². The van der Waals surface area contributed by atoms with Crippen LogP contribution in [0.2, 0.25) is 0 Å². The lowest BCUT2D eigenvalue weighted by atomic mass is 9.95. The van der Waals surface area contributed by atoms with E-state index in [9.17, 15) is 9.59 Å². The average Bonchev–Trinajstić information content (AvgIpc) is 3.22. The molecule has 7 nitrogen and oxygen atoms in total. The predicted molar refractivity (Wildman–Crippen MR) is 93.0 cm³/mol. The first-order valence-electron chi connectivity index (χ1n) is 7.70. The Balaban J connectivity index is 1.85. The minimum atomic E-state index is -0.340. The van der Waals surface area contributed by atoms with E-state index in [1.54, 1.807) is 12.5 Å². The second-order valence-electron chi connectivity index (χ2n) is 5.41. The lowest BCUT2D eigenvalue weighted by Crippen LogP contribution is -2.28. The van der Waals surface area contributed by atoms with Gasteiger partial charge in [-0.05, 0) is 42.8 Å². The number of aromatic nitrogens is 2. The van der Waals surface area contributed by atoms with Gasteiger partial charge >= 0.3 is 0 Å². The topological polar surface area (TPSA) is 93.2 Å². The molecule has 0 saturated heterocycles. The van der Waals surface area contributed by atoms with Gasteiger partial charge < -0.3 is 15.4 Å². The summed E-state index contributed by atoms with van der Waals surface area (Å²) >= 11 is 2.60. The van der Waals surface area contributed by atoms with Gasteiger partial charge in [0.15, 0.2) is 5.69 Å². The van der Waals surface area contributed by atoms with Crippen molar-refractivity contribution >= 4 is 39.7 Å². The highest BCUT2D eigenvalue weighted by atomic mass is 32.1. The minimum Gasteiger partial charge on any atom is -0.383 e. The van der Waals surface area contributed by atoms with E-state index in [0.29, 0.717) is 23.7 Å². The Kier molecular flexibility index (Phi) is 5.54. The molecule has 2 amide bonds. The molecule has 2 N–H and O–H groups in total. The fourth-order valence-electron chi connectivity index (χ4n) is 2.68. The Morgan fingerprint density at radius 2 is 2.12 bits per heavy atom. The Hall–Kier alpha value is -1.84. The molecular weight excluding hydrogens is 348 g/mol. The number of carbonyl (C=O) groups excluding carboxylic acids is 2. The number of methoxy groups -OCH3 is 1. The number of ether oxygens (including phenoxy) is 1. The highest BCUT2D eigenvalue weighted by Crippen LogP contribution is 2.38. The molecule has 1 aliphatic rings. The number of amides is 2. The van der Waals surface area contributed by atoms with Crippen LogP contribution in [-0.4, -0.2) is 41.7 Å². The molecule has 0 atom stereocenters. The summed E-state index contributed by atoms with van der Waals surface area (Å²) in [5.41, 5.74) is 1.91. The van der Waals surface area contributed by atoms with Crippen molar-refractivity contribution in [2.24, 2.45) is 0 Å². The molecular formula is C15H18N4O3S2. The van der Waals surface area contributed by atoms with Gasteiger partial charge in [-0.15, -0.1) is 16.4 Å². The van der Waals surface area contributed by atoms with Crippen LogP contribution in [0.5, 0.6) is 0 Å². The van der Waals surface area contributed by atoms with Gasteiger partial charge in [-0.3, -0.25) is 9.59 Å². The lowest BCUT2D eigenvalue weighted by Gasteiger charge is -2.13. The number of anilines is 1. The smallest absolute Gasteiger partial charge is 0.277 e. The number of nitrogens with one attached hydrogen (secondary N) is 2. The molecule has 0 spiro atoms. The van der Waals surface area contributed by atoms with Gasteiger partial charge in [0.25, 0.3) is 11.8 Å². The third-order valence-corrected chi connectivity index (χ3v) is 5.52. The molecule has 24 heavy (non-hydrogen) atoms. The SMILES string of the molecule is COCCNC(=O)c1c(NC(=O)c2csnn2)sc2c1CCCC2. The number of rotatable bonds is 6. The maximum atomic E-state index is 12.6. The van der Waals surface area contributed by atoms with Crippen LogP contribution < -0.4 is 10.6 Å². The van der Waals surface area contributed by atoms with E-state index in [4.69, 9.17) is 4.74 Å². The van der Waals surface area contributed by atoms with Gasteiger partial charge in [-0.1, -0.05) is 4.49 Å². The lowest BCUT2D eigenvalue weighted by molar-refractivity contribution is 0.0937. The van der Waals surface area contributed by atoms with Crippen LogP contribution in [0.15, 0.2) is 5.38 Å². The number of fused-ring (bicyclic) bond motifs is 1. The molecule has 128 valence electrons. The van der Waals surface area contributed by atoms with Crippen molar-refractivity contribution in [3.8, 4) is 0 Å². The number of hydrogen-bond donors (Lipinski definition) is 2. The van der Waals surface area contributed by atoms with Gasteiger partial charge in [0.05, 0.1) is 12.2 Å². The van der Waals surface area contributed by atoms with E-state index >= 15 is 0 Å². The highest BCUT2D eigenvalue weighted by Gasteiger charge is 2.26. The molecule has 0 fully saturated rings. The van der Waals surface area contributed by atoms with Crippen molar-refractivity contribution in [1.82, 2.24) is 14.9 Å². The zero-order chi connectivity index (χ0) is 16.9.